The molecule has 0 radical (unpaired) electrons. The summed E-state index contributed by atoms with van der Waals surface area (Å²) >= 11 is 0. The molecule has 0 bridgehead atoms. The minimum atomic E-state index is -0.250. The molecule has 1 aromatic carbocycles. The summed E-state index contributed by atoms with van der Waals surface area (Å²) < 4.78 is 13.2. The van der Waals surface area contributed by atoms with E-state index in [4.69, 9.17) is 0 Å². The SMILES string of the molecule is O=C(c1n[nH]c2c1CNCC2)N1CCCCC1c1ccc(F)cc1. The molecule has 5 nitrogen and oxygen atoms in total. The lowest BCUT2D eigenvalue weighted by Gasteiger charge is -2.36. The van der Waals surface area contributed by atoms with Crippen LogP contribution in [0.1, 0.15) is 52.6 Å². The molecular weight excluding hydrogens is 307 g/mol. The molecule has 1 fully saturated rings. The van der Waals surface area contributed by atoms with Gasteiger partial charge in [-0.05, 0) is 37.0 Å². The zero-order valence-electron chi connectivity index (χ0n) is 13.5. The van der Waals surface area contributed by atoms with E-state index >= 15 is 0 Å². The number of likely N-dealkylation sites (tertiary alicyclic amines) is 1. The van der Waals surface area contributed by atoms with Crippen LogP contribution in [-0.4, -0.2) is 34.1 Å². The lowest BCUT2D eigenvalue weighted by atomic mass is 9.94. The topological polar surface area (TPSA) is 61.0 Å². The molecule has 6 heteroatoms. The summed E-state index contributed by atoms with van der Waals surface area (Å²) in [5.41, 5.74) is 3.58. The molecule has 2 aliphatic rings. The first-order chi connectivity index (χ1) is 11.7. The molecule has 1 aromatic heterocycles. The molecule has 1 atom stereocenters. The number of nitrogens with one attached hydrogen (secondary N) is 2. The van der Waals surface area contributed by atoms with E-state index in [9.17, 15) is 9.18 Å². The Labute approximate surface area is 140 Å². The average Bonchev–Trinajstić information content (AvgIpc) is 3.06. The number of aromatic nitrogens is 2. The Kier molecular flexibility index (Phi) is 4.06. The van der Waals surface area contributed by atoms with Crippen LogP contribution in [0.5, 0.6) is 0 Å². The highest BCUT2D eigenvalue weighted by Crippen LogP contribution is 2.32. The smallest absolute Gasteiger partial charge is 0.275 e. The van der Waals surface area contributed by atoms with Gasteiger partial charge in [0.25, 0.3) is 5.91 Å². The van der Waals surface area contributed by atoms with Crippen LogP contribution in [0.2, 0.25) is 0 Å². The average molecular weight is 328 g/mol. The Bertz CT molecular complexity index is 740. The second-order valence-corrected chi connectivity index (χ2v) is 6.52. The lowest BCUT2D eigenvalue weighted by Crippen LogP contribution is -2.39. The molecule has 1 amide bonds. The third kappa shape index (κ3) is 2.71. The Morgan fingerprint density at radius 1 is 1.25 bits per heavy atom. The van der Waals surface area contributed by atoms with Crippen molar-refractivity contribution in [2.45, 2.75) is 38.3 Å². The molecule has 1 saturated heterocycles. The minimum absolute atomic E-state index is 0.00394. The van der Waals surface area contributed by atoms with E-state index in [0.29, 0.717) is 12.2 Å². The van der Waals surface area contributed by atoms with Crippen LogP contribution < -0.4 is 5.32 Å². The van der Waals surface area contributed by atoms with Gasteiger partial charge in [0.2, 0.25) is 0 Å². The van der Waals surface area contributed by atoms with Crippen molar-refractivity contribution in [2.75, 3.05) is 13.1 Å². The van der Waals surface area contributed by atoms with Gasteiger partial charge in [0.05, 0.1) is 6.04 Å². The predicted molar refractivity (Wildman–Crippen MR) is 88.0 cm³/mol. The van der Waals surface area contributed by atoms with E-state index in [-0.39, 0.29) is 17.8 Å². The van der Waals surface area contributed by atoms with Crippen molar-refractivity contribution in [1.82, 2.24) is 20.4 Å². The minimum Gasteiger partial charge on any atom is -0.330 e. The zero-order chi connectivity index (χ0) is 16.5. The fourth-order valence-corrected chi connectivity index (χ4v) is 3.74. The summed E-state index contributed by atoms with van der Waals surface area (Å²) in [6.45, 7) is 2.31. The van der Waals surface area contributed by atoms with Gasteiger partial charge in [-0.25, -0.2) is 4.39 Å². The van der Waals surface area contributed by atoms with Crippen molar-refractivity contribution in [3.63, 3.8) is 0 Å². The number of piperidine rings is 1. The number of carbonyl (C=O) groups is 1. The van der Waals surface area contributed by atoms with Crippen LogP contribution in [-0.2, 0) is 13.0 Å². The molecule has 0 aliphatic carbocycles. The molecule has 24 heavy (non-hydrogen) atoms. The number of aromatic amines is 1. The normalized spacial score (nSPS) is 20.7. The number of amides is 1. The summed E-state index contributed by atoms with van der Waals surface area (Å²) in [6.07, 6.45) is 3.85. The van der Waals surface area contributed by atoms with Crippen molar-refractivity contribution in [1.29, 1.82) is 0 Å². The van der Waals surface area contributed by atoms with E-state index in [1.165, 1.54) is 12.1 Å². The molecular formula is C18H21FN4O. The molecule has 2 aromatic rings. The second kappa shape index (κ2) is 6.36. The molecule has 4 rings (SSSR count). The lowest BCUT2D eigenvalue weighted by molar-refractivity contribution is 0.0604. The number of hydrogen-bond donors (Lipinski definition) is 2. The first-order valence-electron chi connectivity index (χ1n) is 8.57. The number of benzene rings is 1. The van der Waals surface area contributed by atoms with Crippen LogP contribution >= 0.6 is 0 Å². The largest absolute Gasteiger partial charge is 0.330 e. The monoisotopic (exact) mass is 328 g/mol. The number of rotatable bonds is 2. The molecule has 0 saturated carbocycles. The molecule has 2 N–H and O–H groups in total. The third-order valence-electron chi connectivity index (χ3n) is 5.03. The van der Waals surface area contributed by atoms with Crippen LogP contribution in [0, 0.1) is 5.82 Å². The summed E-state index contributed by atoms with van der Waals surface area (Å²) in [5.74, 6) is -0.273. The molecule has 126 valence electrons. The fraction of sp³-hybridized carbons (Fsp3) is 0.444. The quantitative estimate of drug-likeness (QED) is 0.891. The highest BCUT2D eigenvalue weighted by Gasteiger charge is 2.32. The van der Waals surface area contributed by atoms with Crippen LogP contribution in [0.25, 0.3) is 0 Å². The molecule has 3 heterocycles. The highest BCUT2D eigenvalue weighted by molar-refractivity contribution is 5.94. The first-order valence-corrected chi connectivity index (χ1v) is 8.57. The third-order valence-corrected chi connectivity index (χ3v) is 5.03. The van der Waals surface area contributed by atoms with E-state index in [0.717, 1.165) is 55.6 Å². The number of halogens is 1. The van der Waals surface area contributed by atoms with Gasteiger partial charge < -0.3 is 10.2 Å². The maximum atomic E-state index is 13.2. The van der Waals surface area contributed by atoms with E-state index in [2.05, 4.69) is 15.5 Å². The number of carbonyl (C=O) groups excluding carboxylic acids is 1. The van der Waals surface area contributed by atoms with Crippen molar-refractivity contribution in [3.05, 3.63) is 52.6 Å². The van der Waals surface area contributed by atoms with Gasteiger partial charge in [-0.15, -0.1) is 0 Å². The predicted octanol–water partition coefficient (Wildman–Crippen LogP) is 2.56. The highest BCUT2D eigenvalue weighted by atomic mass is 19.1. The van der Waals surface area contributed by atoms with E-state index < -0.39 is 0 Å². The van der Waals surface area contributed by atoms with Gasteiger partial charge in [-0.2, -0.15) is 5.10 Å². The molecule has 2 aliphatic heterocycles. The van der Waals surface area contributed by atoms with Crippen molar-refractivity contribution in [3.8, 4) is 0 Å². The van der Waals surface area contributed by atoms with E-state index in [1.807, 2.05) is 4.90 Å². The van der Waals surface area contributed by atoms with Gasteiger partial charge in [0.15, 0.2) is 5.69 Å². The number of H-pyrrole nitrogens is 1. The van der Waals surface area contributed by atoms with Gasteiger partial charge in [-0.3, -0.25) is 9.89 Å². The Morgan fingerprint density at radius 3 is 2.92 bits per heavy atom. The van der Waals surface area contributed by atoms with Gasteiger partial charge in [-0.1, -0.05) is 12.1 Å². The van der Waals surface area contributed by atoms with Crippen LogP contribution in [0.4, 0.5) is 4.39 Å². The maximum Gasteiger partial charge on any atom is 0.275 e. The van der Waals surface area contributed by atoms with Crippen LogP contribution in [0.15, 0.2) is 24.3 Å². The Hall–Kier alpha value is -2.21. The maximum absolute atomic E-state index is 13.2. The van der Waals surface area contributed by atoms with Crippen molar-refractivity contribution in [2.24, 2.45) is 0 Å². The van der Waals surface area contributed by atoms with Crippen molar-refractivity contribution < 1.29 is 9.18 Å². The fourth-order valence-electron chi connectivity index (χ4n) is 3.74. The Morgan fingerprint density at radius 2 is 2.08 bits per heavy atom. The van der Waals surface area contributed by atoms with Gasteiger partial charge in [0.1, 0.15) is 5.82 Å². The molecule has 1 unspecified atom stereocenters. The number of hydrogen-bond acceptors (Lipinski definition) is 3. The summed E-state index contributed by atoms with van der Waals surface area (Å²) in [7, 11) is 0. The van der Waals surface area contributed by atoms with Crippen LogP contribution in [0.3, 0.4) is 0 Å². The number of fused-ring (bicyclic) bond motifs is 1. The Balaban J connectivity index is 1.64. The summed E-state index contributed by atoms with van der Waals surface area (Å²) in [6, 6.07) is 6.50. The van der Waals surface area contributed by atoms with Gasteiger partial charge >= 0.3 is 0 Å². The summed E-state index contributed by atoms with van der Waals surface area (Å²) in [5, 5.41) is 10.6. The number of nitrogens with zero attached hydrogens (tertiary/aromatic N) is 2. The van der Waals surface area contributed by atoms with Crippen molar-refractivity contribution >= 4 is 5.91 Å². The zero-order valence-corrected chi connectivity index (χ0v) is 13.5. The standard InChI is InChI=1S/C18H21FN4O/c19-13-6-4-12(5-7-13)16-3-1-2-10-23(16)18(24)17-14-11-20-9-8-15(14)21-22-17/h4-7,16,20H,1-3,8-11H2,(H,21,22). The molecule has 0 spiro atoms. The van der Waals surface area contributed by atoms with E-state index in [1.54, 1.807) is 12.1 Å². The van der Waals surface area contributed by atoms with Gasteiger partial charge in [0, 0.05) is 37.3 Å². The first kappa shape index (κ1) is 15.3. The second-order valence-electron chi connectivity index (χ2n) is 6.52. The summed E-state index contributed by atoms with van der Waals surface area (Å²) in [4.78, 5) is 15.0.